The standard InChI is InChI=1S/C16H20N4O2/c1-10(2)17-15-9-14(18-11(3)19-15)16(21)20-12-6-5-7-13(8-12)22-4/h5-10H,1-4H3,(H,20,21)(H,17,18,19). The SMILES string of the molecule is COc1cccc(NC(=O)c2cc(NC(C)C)nc(C)n2)c1. The van der Waals surface area contributed by atoms with E-state index in [-0.39, 0.29) is 11.9 Å². The van der Waals surface area contributed by atoms with Crippen LogP contribution in [0.3, 0.4) is 0 Å². The number of hydrogen-bond acceptors (Lipinski definition) is 5. The van der Waals surface area contributed by atoms with Crippen molar-refractivity contribution >= 4 is 17.4 Å². The Morgan fingerprint density at radius 1 is 1.23 bits per heavy atom. The Morgan fingerprint density at radius 3 is 2.68 bits per heavy atom. The molecule has 2 N–H and O–H groups in total. The van der Waals surface area contributed by atoms with Crippen molar-refractivity contribution < 1.29 is 9.53 Å². The van der Waals surface area contributed by atoms with Gasteiger partial charge in [-0.15, -0.1) is 0 Å². The molecule has 1 amide bonds. The van der Waals surface area contributed by atoms with Crippen molar-refractivity contribution in [1.29, 1.82) is 0 Å². The number of nitrogens with one attached hydrogen (secondary N) is 2. The molecule has 0 aliphatic carbocycles. The molecular weight excluding hydrogens is 280 g/mol. The fraction of sp³-hybridized carbons (Fsp3) is 0.312. The van der Waals surface area contributed by atoms with Gasteiger partial charge in [0.1, 0.15) is 23.1 Å². The van der Waals surface area contributed by atoms with Crippen LogP contribution in [-0.2, 0) is 0 Å². The average molecular weight is 300 g/mol. The predicted molar refractivity (Wildman–Crippen MR) is 86.5 cm³/mol. The van der Waals surface area contributed by atoms with Crippen molar-refractivity contribution in [2.24, 2.45) is 0 Å². The summed E-state index contributed by atoms with van der Waals surface area (Å²) in [6, 6.07) is 9.04. The Morgan fingerprint density at radius 2 is 2.00 bits per heavy atom. The fourth-order valence-corrected chi connectivity index (χ4v) is 1.95. The van der Waals surface area contributed by atoms with Gasteiger partial charge in [-0.1, -0.05) is 6.07 Å². The molecule has 1 heterocycles. The summed E-state index contributed by atoms with van der Waals surface area (Å²) in [5, 5.41) is 5.98. The first-order valence-electron chi connectivity index (χ1n) is 7.05. The van der Waals surface area contributed by atoms with E-state index in [1.165, 1.54) is 0 Å². The third-order valence-corrected chi connectivity index (χ3v) is 2.83. The molecule has 22 heavy (non-hydrogen) atoms. The first-order valence-corrected chi connectivity index (χ1v) is 7.05. The number of carbonyl (C=O) groups excluding carboxylic acids is 1. The van der Waals surface area contributed by atoms with E-state index in [1.54, 1.807) is 32.2 Å². The van der Waals surface area contributed by atoms with Crippen LogP contribution in [0, 0.1) is 6.92 Å². The van der Waals surface area contributed by atoms with Gasteiger partial charge in [-0.05, 0) is 32.9 Å². The molecule has 1 aromatic carbocycles. The number of rotatable bonds is 5. The van der Waals surface area contributed by atoms with Crippen molar-refractivity contribution in [2.75, 3.05) is 17.7 Å². The molecule has 0 radical (unpaired) electrons. The highest BCUT2D eigenvalue weighted by Crippen LogP contribution is 2.17. The van der Waals surface area contributed by atoms with Crippen LogP contribution in [0.4, 0.5) is 11.5 Å². The van der Waals surface area contributed by atoms with Crippen LogP contribution >= 0.6 is 0 Å². The normalized spacial score (nSPS) is 10.4. The van der Waals surface area contributed by atoms with Gasteiger partial charge in [-0.25, -0.2) is 9.97 Å². The maximum absolute atomic E-state index is 12.3. The van der Waals surface area contributed by atoms with Gasteiger partial charge in [0, 0.05) is 23.9 Å². The first-order chi connectivity index (χ1) is 10.5. The molecule has 0 atom stereocenters. The number of aromatic nitrogens is 2. The highest BCUT2D eigenvalue weighted by atomic mass is 16.5. The lowest BCUT2D eigenvalue weighted by atomic mass is 10.2. The Kier molecular flexibility index (Phi) is 4.93. The van der Waals surface area contributed by atoms with E-state index in [0.717, 1.165) is 0 Å². The zero-order chi connectivity index (χ0) is 16.1. The molecule has 6 heteroatoms. The number of aryl methyl sites for hydroxylation is 1. The second-order valence-electron chi connectivity index (χ2n) is 5.17. The van der Waals surface area contributed by atoms with Crippen molar-refractivity contribution in [2.45, 2.75) is 26.8 Å². The van der Waals surface area contributed by atoms with Gasteiger partial charge in [0.15, 0.2) is 0 Å². The van der Waals surface area contributed by atoms with Gasteiger partial charge in [-0.3, -0.25) is 4.79 Å². The molecule has 0 saturated carbocycles. The molecule has 0 aliphatic heterocycles. The minimum absolute atomic E-state index is 0.226. The lowest BCUT2D eigenvalue weighted by Crippen LogP contribution is -2.17. The topological polar surface area (TPSA) is 76.1 Å². The minimum atomic E-state index is -0.287. The second kappa shape index (κ2) is 6.89. The van der Waals surface area contributed by atoms with Gasteiger partial charge < -0.3 is 15.4 Å². The van der Waals surface area contributed by atoms with Gasteiger partial charge in [0.05, 0.1) is 7.11 Å². The smallest absolute Gasteiger partial charge is 0.274 e. The van der Waals surface area contributed by atoms with Gasteiger partial charge in [0.25, 0.3) is 5.91 Å². The second-order valence-corrected chi connectivity index (χ2v) is 5.17. The molecule has 1 aromatic heterocycles. The Balaban J connectivity index is 2.19. The van der Waals surface area contributed by atoms with Crippen LogP contribution in [0.1, 0.15) is 30.2 Å². The zero-order valence-electron chi connectivity index (χ0n) is 13.2. The van der Waals surface area contributed by atoms with Crippen LogP contribution in [0.25, 0.3) is 0 Å². The average Bonchev–Trinajstić information content (AvgIpc) is 2.46. The van der Waals surface area contributed by atoms with E-state index in [1.807, 2.05) is 26.0 Å². The Hall–Kier alpha value is -2.63. The zero-order valence-corrected chi connectivity index (χ0v) is 13.2. The van der Waals surface area contributed by atoms with Crippen molar-refractivity contribution in [3.8, 4) is 5.75 Å². The van der Waals surface area contributed by atoms with E-state index in [2.05, 4.69) is 20.6 Å². The van der Waals surface area contributed by atoms with Crippen LogP contribution in [0.2, 0.25) is 0 Å². The first kappa shape index (κ1) is 15.8. The molecule has 0 fully saturated rings. The number of methoxy groups -OCH3 is 1. The van der Waals surface area contributed by atoms with Gasteiger partial charge in [0.2, 0.25) is 0 Å². The molecule has 116 valence electrons. The molecule has 0 spiro atoms. The van der Waals surface area contributed by atoms with Crippen molar-refractivity contribution in [3.05, 3.63) is 41.9 Å². The van der Waals surface area contributed by atoms with E-state index in [0.29, 0.717) is 28.8 Å². The lowest BCUT2D eigenvalue weighted by molar-refractivity contribution is 0.102. The highest BCUT2D eigenvalue weighted by molar-refractivity contribution is 6.03. The Bertz CT molecular complexity index is 671. The molecule has 0 saturated heterocycles. The van der Waals surface area contributed by atoms with Crippen LogP contribution in [0.15, 0.2) is 30.3 Å². The maximum atomic E-state index is 12.3. The van der Waals surface area contributed by atoms with Crippen molar-refractivity contribution in [1.82, 2.24) is 9.97 Å². The summed E-state index contributed by atoms with van der Waals surface area (Å²) in [5.74, 6) is 1.57. The lowest BCUT2D eigenvalue weighted by Gasteiger charge is -2.11. The summed E-state index contributed by atoms with van der Waals surface area (Å²) in [6.45, 7) is 5.77. The predicted octanol–water partition coefficient (Wildman–Crippen LogP) is 2.87. The minimum Gasteiger partial charge on any atom is -0.497 e. The number of hydrogen-bond donors (Lipinski definition) is 2. The summed E-state index contributed by atoms with van der Waals surface area (Å²) in [4.78, 5) is 20.8. The molecule has 0 unspecified atom stereocenters. The largest absolute Gasteiger partial charge is 0.497 e. The van der Waals surface area contributed by atoms with Crippen molar-refractivity contribution in [3.63, 3.8) is 0 Å². The summed E-state index contributed by atoms with van der Waals surface area (Å²) < 4.78 is 5.14. The summed E-state index contributed by atoms with van der Waals surface area (Å²) in [6.07, 6.45) is 0. The fourth-order valence-electron chi connectivity index (χ4n) is 1.95. The molecule has 0 bridgehead atoms. The van der Waals surface area contributed by atoms with E-state index in [4.69, 9.17) is 4.74 Å². The molecular formula is C16H20N4O2. The summed E-state index contributed by atoms with van der Waals surface area (Å²) >= 11 is 0. The molecule has 0 aliphatic rings. The number of nitrogens with zero attached hydrogens (tertiary/aromatic N) is 2. The van der Waals surface area contributed by atoms with Gasteiger partial charge >= 0.3 is 0 Å². The highest BCUT2D eigenvalue weighted by Gasteiger charge is 2.11. The number of ether oxygens (including phenoxy) is 1. The summed E-state index contributed by atoms with van der Waals surface area (Å²) in [7, 11) is 1.58. The van der Waals surface area contributed by atoms with Crippen LogP contribution in [-0.4, -0.2) is 29.0 Å². The number of carbonyl (C=O) groups is 1. The molecule has 6 nitrogen and oxygen atoms in total. The molecule has 2 aromatic rings. The van der Waals surface area contributed by atoms with Crippen LogP contribution in [0.5, 0.6) is 5.75 Å². The van der Waals surface area contributed by atoms with E-state index in [9.17, 15) is 4.79 Å². The van der Waals surface area contributed by atoms with Crippen LogP contribution < -0.4 is 15.4 Å². The monoisotopic (exact) mass is 300 g/mol. The summed E-state index contributed by atoms with van der Waals surface area (Å²) in [5.41, 5.74) is 0.970. The molecule has 2 rings (SSSR count). The third kappa shape index (κ3) is 4.18. The number of amides is 1. The Labute approximate surface area is 129 Å². The number of benzene rings is 1. The van der Waals surface area contributed by atoms with E-state index < -0.39 is 0 Å². The number of anilines is 2. The maximum Gasteiger partial charge on any atom is 0.274 e. The van der Waals surface area contributed by atoms with Gasteiger partial charge in [-0.2, -0.15) is 0 Å². The third-order valence-electron chi connectivity index (χ3n) is 2.83. The van der Waals surface area contributed by atoms with E-state index >= 15 is 0 Å². The quantitative estimate of drug-likeness (QED) is 0.888.